The molecule has 2 atom stereocenters. The summed E-state index contributed by atoms with van der Waals surface area (Å²) in [5.74, 6) is -5.46. The van der Waals surface area contributed by atoms with Gasteiger partial charge in [-0.15, -0.1) is 0 Å². The van der Waals surface area contributed by atoms with Gasteiger partial charge in [-0.05, 0) is 6.42 Å². The number of carboxylic acid groups (broad SMARTS) is 1. The molecule has 0 aromatic carbocycles. The quantitative estimate of drug-likeness (QED) is 0.570. The summed E-state index contributed by atoms with van der Waals surface area (Å²) in [5.41, 5.74) is 0. The van der Waals surface area contributed by atoms with Crippen LogP contribution in [0, 0.1) is 11.8 Å². The zero-order valence-corrected chi connectivity index (χ0v) is 11.3. The lowest BCUT2D eigenvalue weighted by atomic mass is 9.96. The molecule has 0 aromatic rings. The van der Waals surface area contributed by atoms with Crippen LogP contribution in [-0.4, -0.2) is 61.0 Å². The molecule has 6 nitrogen and oxygen atoms in total. The van der Waals surface area contributed by atoms with Crippen molar-refractivity contribution in [1.29, 1.82) is 0 Å². The number of aliphatic carboxylic acids is 1. The Kier molecular flexibility index (Phi) is 6.33. The first-order valence-electron chi connectivity index (χ1n) is 6.35. The molecular weight excluding hydrogens is 319 g/mol. The van der Waals surface area contributed by atoms with Crippen molar-refractivity contribution in [3.05, 3.63) is 0 Å². The van der Waals surface area contributed by atoms with Gasteiger partial charge in [-0.3, -0.25) is 4.79 Å². The van der Waals surface area contributed by atoms with Gasteiger partial charge in [0.15, 0.2) is 0 Å². The normalized spacial score (nSPS) is 22.2. The molecule has 1 aliphatic heterocycles. The average molecular weight is 334 g/mol. The van der Waals surface area contributed by atoms with E-state index < -0.39 is 49.7 Å². The van der Waals surface area contributed by atoms with Crippen molar-refractivity contribution >= 4 is 12.0 Å². The molecule has 0 spiro atoms. The third-order valence-electron chi connectivity index (χ3n) is 3.19. The fourth-order valence-electron chi connectivity index (χ4n) is 2.10. The highest BCUT2D eigenvalue weighted by Crippen LogP contribution is 2.37. The third kappa shape index (κ3) is 5.28. The summed E-state index contributed by atoms with van der Waals surface area (Å²) in [6.07, 6.45) is -4.67. The van der Waals surface area contributed by atoms with Crippen molar-refractivity contribution in [2.24, 2.45) is 11.8 Å². The molecule has 1 rings (SSSR count). The molecule has 2 amide bonds. The number of carbonyl (C=O) groups excluding carboxylic acids is 1. The topological polar surface area (TPSA) is 78.9 Å². The maximum absolute atomic E-state index is 12.7. The van der Waals surface area contributed by atoms with E-state index in [1.807, 2.05) is 0 Å². The minimum atomic E-state index is -4.72. The molecule has 0 unspecified atom stereocenters. The van der Waals surface area contributed by atoms with Crippen molar-refractivity contribution in [2.45, 2.75) is 19.2 Å². The van der Waals surface area contributed by atoms with Crippen LogP contribution in [0.15, 0.2) is 0 Å². The van der Waals surface area contributed by atoms with Crippen molar-refractivity contribution in [1.82, 2.24) is 10.2 Å². The molecule has 1 heterocycles. The second-order valence-electron chi connectivity index (χ2n) is 4.71. The number of nitrogens with zero attached hydrogens (tertiary/aromatic N) is 1. The molecular formula is C11H15F5N2O4. The second-order valence-corrected chi connectivity index (χ2v) is 4.71. The number of rotatable bonds is 6. The summed E-state index contributed by atoms with van der Waals surface area (Å²) < 4.78 is 65.4. The van der Waals surface area contributed by atoms with Crippen LogP contribution in [0.4, 0.5) is 26.7 Å². The van der Waals surface area contributed by atoms with E-state index in [0.29, 0.717) is 0 Å². The molecule has 0 aromatic heterocycles. The fraction of sp³-hybridized carbons (Fsp3) is 0.818. The van der Waals surface area contributed by atoms with Gasteiger partial charge in [0.2, 0.25) is 0 Å². The number of carboxylic acids is 1. The Balaban J connectivity index is 2.45. The molecule has 2 N–H and O–H groups in total. The van der Waals surface area contributed by atoms with E-state index in [-0.39, 0.29) is 19.6 Å². The number of likely N-dealkylation sites (tertiary alicyclic amines) is 1. The summed E-state index contributed by atoms with van der Waals surface area (Å²) in [5, 5.41) is 11.0. The maximum atomic E-state index is 12.7. The number of carbonyl (C=O) groups is 2. The van der Waals surface area contributed by atoms with Crippen molar-refractivity contribution in [3.63, 3.8) is 0 Å². The Hall–Kier alpha value is -1.65. The first-order chi connectivity index (χ1) is 10.1. The van der Waals surface area contributed by atoms with E-state index >= 15 is 0 Å². The zero-order chi connectivity index (χ0) is 16.9. The van der Waals surface area contributed by atoms with Gasteiger partial charge >= 0.3 is 24.8 Å². The molecule has 1 aliphatic rings. The monoisotopic (exact) mass is 334 g/mol. The van der Waals surface area contributed by atoms with Crippen LogP contribution in [0.3, 0.4) is 0 Å². The van der Waals surface area contributed by atoms with Crippen molar-refractivity contribution < 1.29 is 41.4 Å². The lowest BCUT2D eigenvalue weighted by Gasteiger charge is -2.18. The largest absolute Gasteiger partial charge is 0.481 e. The Labute approximate surface area is 122 Å². The molecule has 0 saturated carbocycles. The van der Waals surface area contributed by atoms with Gasteiger partial charge in [0.25, 0.3) is 0 Å². The Morgan fingerprint density at radius 1 is 1.32 bits per heavy atom. The van der Waals surface area contributed by atoms with Crippen LogP contribution in [-0.2, 0) is 9.53 Å². The number of halogens is 5. The first-order valence-corrected chi connectivity index (χ1v) is 6.35. The lowest BCUT2D eigenvalue weighted by Crippen LogP contribution is -2.40. The highest BCUT2D eigenvalue weighted by molar-refractivity contribution is 5.77. The van der Waals surface area contributed by atoms with E-state index in [2.05, 4.69) is 10.1 Å². The number of amides is 2. The number of hydrogen-bond acceptors (Lipinski definition) is 3. The number of nitrogens with one attached hydrogen (secondary N) is 1. The highest BCUT2D eigenvalue weighted by atomic mass is 19.4. The minimum Gasteiger partial charge on any atom is -0.481 e. The molecule has 1 saturated heterocycles. The van der Waals surface area contributed by atoms with Gasteiger partial charge in [-0.1, -0.05) is 0 Å². The zero-order valence-electron chi connectivity index (χ0n) is 11.3. The van der Waals surface area contributed by atoms with Crippen LogP contribution >= 0.6 is 0 Å². The van der Waals surface area contributed by atoms with Gasteiger partial charge in [-0.2, -0.15) is 22.0 Å². The van der Waals surface area contributed by atoms with Crippen LogP contribution in [0.1, 0.15) is 6.42 Å². The van der Waals surface area contributed by atoms with E-state index in [1.165, 1.54) is 0 Å². The van der Waals surface area contributed by atoms with Gasteiger partial charge in [0.05, 0.1) is 18.4 Å². The van der Waals surface area contributed by atoms with Gasteiger partial charge in [0.1, 0.15) is 0 Å². The van der Waals surface area contributed by atoms with Crippen molar-refractivity contribution in [3.8, 4) is 0 Å². The fourth-order valence-corrected chi connectivity index (χ4v) is 2.10. The number of alkyl halides is 5. The van der Waals surface area contributed by atoms with Crippen LogP contribution in [0.2, 0.25) is 0 Å². The SMILES string of the molecule is O=C(O)[C@@H]1CN(C(=O)NCCCOC(F)F)C[C@H]1C(F)(F)F. The summed E-state index contributed by atoms with van der Waals surface area (Å²) >= 11 is 0. The van der Waals surface area contributed by atoms with E-state index in [4.69, 9.17) is 5.11 Å². The Morgan fingerprint density at radius 2 is 1.95 bits per heavy atom. The molecule has 11 heteroatoms. The third-order valence-corrected chi connectivity index (χ3v) is 3.19. The van der Waals surface area contributed by atoms with E-state index in [9.17, 15) is 31.5 Å². The number of hydrogen-bond donors (Lipinski definition) is 2. The second kappa shape index (κ2) is 7.56. The van der Waals surface area contributed by atoms with Crippen LogP contribution in [0.5, 0.6) is 0 Å². The summed E-state index contributed by atoms with van der Waals surface area (Å²) in [4.78, 5) is 23.2. The van der Waals surface area contributed by atoms with Crippen LogP contribution < -0.4 is 5.32 Å². The minimum absolute atomic E-state index is 0.0506. The molecule has 1 fully saturated rings. The molecule has 0 aliphatic carbocycles. The maximum Gasteiger partial charge on any atom is 0.394 e. The Bertz CT molecular complexity index is 404. The van der Waals surface area contributed by atoms with E-state index in [0.717, 1.165) is 4.90 Å². The van der Waals surface area contributed by atoms with Gasteiger partial charge in [0, 0.05) is 19.6 Å². The number of ether oxygens (including phenoxy) is 1. The summed E-state index contributed by atoms with van der Waals surface area (Å²) in [7, 11) is 0. The predicted molar refractivity (Wildman–Crippen MR) is 62.2 cm³/mol. The predicted octanol–water partition coefficient (Wildman–Crippen LogP) is 1.52. The average Bonchev–Trinajstić information content (AvgIpc) is 2.82. The van der Waals surface area contributed by atoms with Gasteiger partial charge < -0.3 is 20.1 Å². The van der Waals surface area contributed by atoms with Crippen molar-refractivity contribution in [2.75, 3.05) is 26.2 Å². The van der Waals surface area contributed by atoms with Crippen LogP contribution in [0.25, 0.3) is 0 Å². The summed E-state index contributed by atoms with van der Waals surface area (Å²) in [6, 6.07) is -0.866. The number of urea groups is 1. The molecule has 0 radical (unpaired) electrons. The molecule has 128 valence electrons. The lowest BCUT2D eigenvalue weighted by molar-refractivity contribution is -0.187. The highest BCUT2D eigenvalue weighted by Gasteiger charge is 2.53. The smallest absolute Gasteiger partial charge is 0.394 e. The standard InChI is InChI=1S/C11H15F5N2O4/c12-9(13)22-3-1-2-17-10(21)18-4-6(8(19)20)7(5-18)11(14,15)16/h6-7,9H,1-5H2,(H,17,21)(H,19,20)/t6-,7-/m1/s1. The molecule has 22 heavy (non-hydrogen) atoms. The van der Waals surface area contributed by atoms with E-state index in [1.54, 1.807) is 0 Å². The van der Waals surface area contributed by atoms with Gasteiger partial charge in [-0.25, -0.2) is 4.79 Å². The first kappa shape index (κ1) is 18.4. The summed E-state index contributed by atoms with van der Waals surface area (Å²) in [6.45, 7) is -4.63. The molecule has 0 bridgehead atoms. The Morgan fingerprint density at radius 3 is 2.41 bits per heavy atom.